The minimum atomic E-state index is -0.603. The van der Waals surface area contributed by atoms with E-state index in [1.807, 2.05) is 62.4 Å². The average molecular weight is 459 g/mol. The second kappa shape index (κ2) is 10.2. The highest BCUT2D eigenvalue weighted by molar-refractivity contribution is 6.01. The summed E-state index contributed by atoms with van der Waals surface area (Å²) in [7, 11) is 0. The number of hydrogen-bond acceptors (Lipinski definition) is 5. The molecule has 1 aliphatic heterocycles. The SMILES string of the molecule is Cc1cccc(C)c1N1C[C@@H](C(=O)OCC(=O)Nc2ccc(Oc3ccccc3)cc2)CC1=O. The number of ether oxygens (including phenoxy) is 2. The van der Waals surface area contributed by atoms with Gasteiger partial charge in [-0.2, -0.15) is 0 Å². The van der Waals surface area contributed by atoms with Crippen LogP contribution in [-0.2, 0) is 19.1 Å². The lowest BCUT2D eigenvalue weighted by Crippen LogP contribution is -2.29. The van der Waals surface area contributed by atoms with Crippen molar-refractivity contribution in [1.29, 1.82) is 0 Å². The van der Waals surface area contributed by atoms with Crippen molar-refractivity contribution in [1.82, 2.24) is 0 Å². The number of rotatable bonds is 7. The van der Waals surface area contributed by atoms with E-state index in [1.54, 1.807) is 29.2 Å². The average Bonchev–Trinajstić information content (AvgIpc) is 3.20. The van der Waals surface area contributed by atoms with Crippen molar-refractivity contribution in [2.45, 2.75) is 20.3 Å². The molecule has 1 heterocycles. The standard InChI is InChI=1S/C27H26N2O5/c1-18-7-6-8-19(2)26(18)29-16-20(15-25(29)31)27(32)33-17-24(30)28-21-11-13-23(14-12-21)34-22-9-4-3-5-10-22/h3-14,20H,15-17H2,1-2H3,(H,28,30)/t20-/m0/s1. The van der Waals surface area contributed by atoms with Crippen LogP contribution in [0.1, 0.15) is 17.5 Å². The molecular formula is C27H26N2O5. The summed E-state index contributed by atoms with van der Waals surface area (Å²) >= 11 is 0. The van der Waals surface area contributed by atoms with E-state index in [0.29, 0.717) is 17.2 Å². The quantitative estimate of drug-likeness (QED) is 0.522. The summed E-state index contributed by atoms with van der Waals surface area (Å²) in [4.78, 5) is 38.9. The zero-order chi connectivity index (χ0) is 24.1. The molecule has 0 bridgehead atoms. The lowest BCUT2D eigenvalue weighted by atomic mass is 10.1. The fraction of sp³-hybridized carbons (Fsp3) is 0.222. The molecule has 3 aromatic rings. The van der Waals surface area contributed by atoms with Crippen LogP contribution in [0.2, 0.25) is 0 Å². The van der Waals surface area contributed by atoms with Crippen molar-refractivity contribution < 1.29 is 23.9 Å². The molecule has 0 aromatic heterocycles. The zero-order valence-corrected chi connectivity index (χ0v) is 19.1. The summed E-state index contributed by atoms with van der Waals surface area (Å²) < 4.78 is 10.9. The van der Waals surface area contributed by atoms with Gasteiger partial charge in [0, 0.05) is 24.3 Å². The van der Waals surface area contributed by atoms with Crippen molar-refractivity contribution in [3.63, 3.8) is 0 Å². The number of nitrogens with zero attached hydrogens (tertiary/aromatic N) is 1. The van der Waals surface area contributed by atoms with Crippen LogP contribution in [0.25, 0.3) is 0 Å². The predicted molar refractivity (Wildman–Crippen MR) is 129 cm³/mol. The molecule has 0 saturated carbocycles. The minimum Gasteiger partial charge on any atom is -0.457 e. The Labute approximate surface area is 198 Å². The first-order valence-corrected chi connectivity index (χ1v) is 11.1. The lowest BCUT2D eigenvalue weighted by molar-refractivity contribution is -0.151. The van der Waals surface area contributed by atoms with Gasteiger partial charge in [-0.3, -0.25) is 14.4 Å². The molecule has 7 nitrogen and oxygen atoms in total. The smallest absolute Gasteiger partial charge is 0.311 e. The van der Waals surface area contributed by atoms with E-state index in [-0.39, 0.29) is 18.9 Å². The topological polar surface area (TPSA) is 84.9 Å². The number of para-hydroxylation sites is 2. The molecule has 1 fully saturated rings. The van der Waals surface area contributed by atoms with Crippen molar-refractivity contribution in [2.75, 3.05) is 23.4 Å². The number of hydrogen-bond donors (Lipinski definition) is 1. The lowest BCUT2D eigenvalue weighted by Gasteiger charge is -2.21. The second-order valence-corrected chi connectivity index (χ2v) is 8.24. The van der Waals surface area contributed by atoms with Crippen LogP contribution in [0.3, 0.4) is 0 Å². The van der Waals surface area contributed by atoms with E-state index in [4.69, 9.17) is 9.47 Å². The van der Waals surface area contributed by atoms with Crippen molar-refractivity contribution in [3.05, 3.63) is 83.9 Å². The van der Waals surface area contributed by atoms with E-state index in [0.717, 1.165) is 16.8 Å². The van der Waals surface area contributed by atoms with Gasteiger partial charge in [0.15, 0.2) is 6.61 Å². The third kappa shape index (κ3) is 5.43. The first-order valence-electron chi connectivity index (χ1n) is 11.1. The number of esters is 1. The van der Waals surface area contributed by atoms with E-state index >= 15 is 0 Å². The molecule has 2 amide bonds. The van der Waals surface area contributed by atoms with Gasteiger partial charge in [0.2, 0.25) is 5.91 Å². The van der Waals surface area contributed by atoms with Gasteiger partial charge in [0.1, 0.15) is 11.5 Å². The molecule has 0 spiro atoms. The number of amides is 2. The molecule has 0 radical (unpaired) electrons. The number of carbonyl (C=O) groups is 3. The van der Waals surface area contributed by atoms with Crippen LogP contribution < -0.4 is 15.0 Å². The number of nitrogens with one attached hydrogen (secondary N) is 1. The highest BCUT2D eigenvalue weighted by Crippen LogP contribution is 2.31. The Morgan fingerprint density at radius 3 is 2.24 bits per heavy atom. The molecule has 1 aliphatic rings. The Morgan fingerprint density at radius 1 is 0.912 bits per heavy atom. The van der Waals surface area contributed by atoms with Crippen LogP contribution in [0.5, 0.6) is 11.5 Å². The summed E-state index contributed by atoms with van der Waals surface area (Å²) in [5, 5.41) is 2.69. The Balaban J connectivity index is 1.27. The van der Waals surface area contributed by atoms with Gasteiger partial charge in [-0.1, -0.05) is 36.4 Å². The summed E-state index contributed by atoms with van der Waals surface area (Å²) in [5.74, 6) is -0.386. The van der Waals surface area contributed by atoms with E-state index in [1.165, 1.54) is 0 Å². The predicted octanol–water partition coefficient (Wildman–Crippen LogP) is 4.63. The van der Waals surface area contributed by atoms with Crippen LogP contribution in [0, 0.1) is 19.8 Å². The first kappa shape index (κ1) is 23.0. The molecule has 34 heavy (non-hydrogen) atoms. The summed E-state index contributed by atoms with van der Waals surface area (Å²) in [6, 6.07) is 22.1. The Kier molecular flexibility index (Phi) is 6.92. The summed E-state index contributed by atoms with van der Waals surface area (Å²) in [5.41, 5.74) is 3.34. The molecule has 1 saturated heterocycles. The maximum atomic E-state index is 12.5. The van der Waals surface area contributed by atoms with Gasteiger partial charge < -0.3 is 19.7 Å². The number of aryl methyl sites for hydroxylation is 2. The highest BCUT2D eigenvalue weighted by atomic mass is 16.5. The Bertz CT molecular complexity index is 1170. The molecule has 0 unspecified atom stereocenters. The molecule has 0 aliphatic carbocycles. The first-order chi connectivity index (χ1) is 16.4. The van der Waals surface area contributed by atoms with E-state index in [9.17, 15) is 14.4 Å². The van der Waals surface area contributed by atoms with Gasteiger partial charge >= 0.3 is 5.97 Å². The summed E-state index contributed by atoms with van der Waals surface area (Å²) in [6.07, 6.45) is 0.0666. The normalized spacial score (nSPS) is 15.2. The Morgan fingerprint density at radius 2 is 1.56 bits per heavy atom. The minimum absolute atomic E-state index is 0.0666. The van der Waals surface area contributed by atoms with Crippen molar-refractivity contribution in [2.24, 2.45) is 5.92 Å². The number of carbonyl (C=O) groups excluding carboxylic acids is 3. The molecule has 1 atom stereocenters. The van der Waals surface area contributed by atoms with Crippen LogP contribution in [0.15, 0.2) is 72.8 Å². The molecule has 3 aromatic carbocycles. The fourth-order valence-electron chi connectivity index (χ4n) is 4.00. The number of anilines is 2. The zero-order valence-electron chi connectivity index (χ0n) is 19.1. The van der Waals surface area contributed by atoms with E-state index in [2.05, 4.69) is 5.32 Å². The van der Waals surface area contributed by atoms with Crippen LogP contribution in [-0.4, -0.2) is 30.9 Å². The monoisotopic (exact) mass is 458 g/mol. The van der Waals surface area contributed by atoms with Crippen LogP contribution >= 0.6 is 0 Å². The Hall–Kier alpha value is -4.13. The molecule has 4 rings (SSSR count). The molecular weight excluding hydrogens is 432 g/mol. The van der Waals surface area contributed by atoms with Gasteiger partial charge in [-0.25, -0.2) is 0 Å². The fourth-order valence-corrected chi connectivity index (χ4v) is 4.00. The van der Waals surface area contributed by atoms with Crippen molar-refractivity contribution in [3.8, 4) is 11.5 Å². The van der Waals surface area contributed by atoms with Gasteiger partial charge in [-0.15, -0.1) is 0 Å². The van der Waals surface area contributed by atoms with Gasteiger partial charge in [0.05, 0.1) is 5.92 Å². The molecule has 174 valence electrons. The highest BCUT2D eigenvalue weighted by Gasteiger charge is 2.37. The summed E-state index contributed by atoms with van der Waals surface area (Å²) in [6.45, 7) is 3.70. The third-order valence-electron chi connectivity index (χ3n) is 5.63. The second-order valence-electron chi connectivity index (χ2n) is 8.24. The van der Waals surface area contributed by atoms with Gasteiger partial charge in [-0.05, 0) is 61.4 Å². The maximum Gasteiger partial charge on any atom is 0.311 e. The molecule has 1 N–H and O–H groups in total. The van der Waals surface area contributed by atoms with E-state index < -0.39 is 24.4 Å². The largest absolute Gasteiger partial charge is 0.457 e. The molecule has 7 heteroatoms. The maximum absolute atomic E-state index is 12.5. The van der Waals surface area contributed by atoms with Gasteiger partial charge in [0.25, 0.3) is 5.91 Å². The van der Waals surface area contributed by atoms with Crippen molar-refractivity contribution >= 4 is 29.2 Å². The number of benzene rings is 3. The third-order valence-corrected chi connectivity index (χ3v) is 5.63. The van der Waals surface area contributed by atoms with Crippen LogP contribution in [0.4, 0.5) is 11.4 Å².